The fourth-order valence-corrected chi connectivity index (χ4v) is 1.59. The minimum absolute atomic E-state index is 0.225. The van der Waals surface area contributed by atoms with Crippen LogP contribution in [-0.4, -0.2) is 29.8 Å². The molecule has 19 heavy (non-hydrogen) atoms. The zero-order valence-electron chi connectivity index (χ0n) is 10.9. The van der Waals surface area contributed by atoms with Gasteiger partial charge in [0.15, 0.2) is 0 Å². The molecule has 1 aromatic rings. The molecule has 0 aliphatic heterocycles. The SMILES string of the molecule is CCCN(CC(=O)Nc1c(F)cccc1F)C(C)=O. The fraction of sp³-hybridized carbons (Fsp3) is 0.385. The van der Waals surface area contributed by atoms with E-state index < -0.39 is 23.2 Å². The van der Waals surface area contributed by atoms with Gasteiger partial charge in [-0.15, -0.1) is 0 Å². The number of carbonyl (C=O) groups is 2. The highest BCUT2D eigenvalue weighted by Crippen LogP contribution is 2.17. The number of halogens is 2. The summed E-state index contributed by atoms with van der Waals surface area (Å²) in [5.41, 5.74) is -0.493. The molecule has 0 unspecified atom stereocenters. The summed E-state index contributed by atoms with van der Waals surface area (Å²) in [5, 5.41) is 2.14. The zero-order chi connectivity index (χ0) is 14.4. The van der Waals surface area contributed by atoms with E-state index in [1.54, 1.807) is 0 Å². The molecule has 4 nitrogen and oxygen atoms in total. The molecule has 0 atom stereocenters. The third-order valence-electron chi connectivity index (χ3n) is 2.50. The standard InChI is InChI=1S/C13H16F2N2O2/c1-3-7-17(9(2)18)8-12(19)16-13-10(14)5-4-6-11(13)15/h4-6H,3,7-8H2,1-2H3,(H,16,19). The van der Waals surface area contributed by atoms with Gasteiger partial charge in [0.05, 0.1) is 6.54 Å². The van der Waals surface area contributed by atoms with Gasteiger partial charge in [-0.2, -0.15) is 0 Å². The van der Waals surface area contributed by atoms with Crippen LogP contribution >= 0.6 is 0 Å². The van der Waals surface area contributed by atoms with E-state index >= 15 is 0 Å². The minimum atomic E-state index is -0.849. The van der Waals surface area contributed by atoms with Crippen LogP contribution in [0, 0.1) is 11.6 Å². The molecule has 0 aliphatic rings. The fourth-order valence-electron chi connectivity index (χ4n) is 1.59. The van der Waals surface area contributed by atoms with Gasteiger partial charge in [0.2, 0.25) is 11.8 Å². The first-order chi connectivity index (χ1) is 8.95. The highest BCUT2D eigenvalue weighted by atomic mass is 19.1. The summed E-state index contributed by atoms with van der Waals surface area (Å²) in [6, 6.07) is 3.31. The average Bonchev–Trinajstić information content (AvgIpc) is 2.33. The molecule has 0 aromatic heterocycles. The number of amides is 2. The van der Waals surface area contributed by atoms with Crippen LogP contribution in [0.15, 0.2) is 18.2 Å². The summed E-state index contributed by atoms with van der Waals surface area (Å²) in [4.78, 5) is 24.2. The van der Waals surface area contributed by atoms with Crippen molar-refractivity contribution in [2.45, 2.75) is 20.3 Å². The molecule has 0 spiro atoms. The molecule has 0 saturated heterocycles. The Hall–Kier alpha value is -1.98. The summed E-state index contributed by atoms with van der Waals surface area (Å²) >= 11 is 0. The van der Waals surface area contributed by atoms with Gasteiger partial charge in [0.1, 0.15) is 17.3 Å². The third kappa shape index (κ3) is 4.31. The van der Waals surface area contributed by atoms with Crippen molar-refractivity contribution in [2.24, 2.45) is 0 Å². The molecule has 0 aliphatic carbocycles. The van der Waals surface area contributed by atoms with Crippen molar-refractivity contribution in [3.8, 4) is 0 Å². The predicted octanol–water partition coefficient (Wildman–Crippen LogP) is 2.16. The molecule has 6 heteroatoms. The van der Waals surface area contributed by atoms with Crippen molar-refractivity contribution in [1.29, 1.82) is 0 Å². The Morgan fingerprint density at radius 1 is 1.26 bits per heavy atom. The van der Waals surface area contributed by atoms with Crippen LogP contribution in [0.4, 0.5) is 14.5 Å². The number of rotatable bonds is 5. The molecule has 0 saturated carbocycles. The Morgan fingerprint density at radius 3 is 2.32 bits per heavy atom. The molecule has 1 rings (SSSR count). The molecule has 2 amide bonds. The Balaban J connectivity index is 2.72. The first kappa shape index (κ1) is 15.1. The molecule has 1 N–H and O–H groups in total. The summed E-state index contributed by atoms with van der Waals surface area (Å²) in [6.45, 7) is 3.40. The maximum absolute atomic E-state index is 13.3. The predicted molar refractivity (Wildman–Crippen MR) is 67.5 cm³/mol. The number of carbonyl (C=O) groups excluding carboxylic acids is 2. The van der Waals surface area contributed by atoms with Gasteiger partial charge in [-0.25, -0.2) is 8.78 Å². The Bertz CT molecular complexity index is 457. The first-order valence-corrected chi connectivity index (χ1v) is 5.95. The zero-order valence-corrected chi connectivity index (χ0v) is 10.9. The van der Waals surface area contributed by atoms with Crippen molar-refractivity contribution < 1.29 is 18.4 Å². The van der Waals surface area contributed by atoms with Gasteiger partial charge in [0.25, 0.3) is 0 Å². The van der Waals surface area contributed by atoms with Crippen molar-refractivity contribution in [3.05, 3.63) is 29.8 Å². The maximum Gasteiger partial charge on any atom is 0.244 e. The monoisotopic (exact) mass is 270 g/mol. The number of benzene rings is 1. The Kier molecular flexibility index (Phi) is 5.41. The maximum atomic E-state index is 13.3. The smallest absolute Gasteiger partial charge is 0.244 e. The second-order valence-corrected chi connectivity index (χ2v) is 4.09. The second-order valence-electron chi connectivity index (χ2n) is 4.09. The highest BCUT2D eigenvalue weighted by Gasteiger charge is 2.16. The lowest BCUT2D eigenvalue weighted by Crippen LogP contribution is -2.37. The van der Waals surface area contributed by atoms with Gasteiger partial charge >= 0.3 is 0 Å². The lowest BCUT2D eigenvalue weighted by Gasteiger charge is -2.19. The first-order valence-electron chi connectivity index (χ1n) is 5.95. The number of anilines is 1. The molecular formula is C13H16F2N2O2. The van der Waals surface area contributed by atoms with E-state index in [1.807, 2.05) is 6.92 Å². The van der Waals surface area contributed by atoms with Gasteiger partial charge in [-0.05, 0) is 18.6 Å². The van der Waals surface area contributed by atoms with E-state index in [0.29, 0.717) is 13.0 Å². The van der Waals surface area contributed by atoms with Gasteiger partial charge in [-0.3, -0.25) is 9.59 Å². The van der Waals surface area contributed by atoms with E-state index in [0.717, 1.165) is 12.1 Å². The van der Waals surface area contributed by atoms with Crippen LogP contribution < -0.4 is 5.32 Å². The van der Waals surface area contributed by atoms with Crippen molar-refractivity contribution >= 4 is 17.5 Å². The van der Waals surface area contributed by atoms with Crippen LogP contribution in [0.2, 0.25) is 0 Å². The summed E-state index contributed by atoms with van der Waals surface area (Å²) in [5.74, 6) is -2.59. The Morgan fingerprint density at radius 2 is 1.84 bits per heavy atom. The van der Waals surface area contributed by atoms with E-state index in [-0.39, 0.29) is 12.5 Å². The van der Waals surface area contributed by atoms with Gasteiger partial charge < -0.3 is 10.2 Å². The van der Waals surface area contributed by atoms with Crippen molar-refractivity contribution in [3.63, 3.8) is 0 Å². The number of hydrogen-bond acceptors (Lipinski definition) is 2. The molecule has 0 heterocycles. The van der Waals surface area contributed by atoms with E-state index in [2.05, 4.69) is 5.32 Å². The van der Waals surface area contributed by atoms with Gasteiger partial charge in [-0.1, -0.05) is 13.0 Å². The summed E-state index contributed by atoms with van der Waals surface area (Å²) in [6.07, 6.45) is 0.695. The highest BCUT2D eigenvalue weighted by molar-refractivity contribution is 5.94. The molecular weight excluding hydrogens is 254 g/mol. The lowest BCUT2D eigenvalue weighted by atomic mass is 10.3. The van der Waals surface area contributed by atoms with Crippen LogP contribution in [-0.2, 0) is 9.59 Å². The van der Waals surface area contributed by atoms with E-state index in [4.69, 9.17) is 0 Å². The van der Waals surface area contributed by atoms with Crippen LogP contribution in [0.3, 0.4) is 0 Å². The van der Waals surface area contributed by atoms with Crippen LogP contribution in [0.25, 0.3) is 0 Å². The molecule has 0 radical (unpaired) electrons. The quantitative estimate of drug-likeness (QED) is 0.891. The van der Waals surface area contributed by atoms with Crippen molar-refractivity contribution in [2.75, 3.05) is 18.4 Å². The third-order valence-corrected chi connectivity index (χ3v) is 2.50. The topological polar surface area (TPSA) is 49.4 Å². The van der Waals surface area contributed by atoms with Crippen LogP contribution in [0.1, 0.15) is 20.3 Å². The lowest BCUT2D eigenvalue weighted by molar-refractivity contribution is -0.132. The molecule has 0 fully saturated rings. The molecule has 1 aromatic carbocycles. The van der Waals surface area contributed by atoms with Crippen molar-refractivity contribution in [1.82, 2.24) is 4.90 Å². The number of para-hydroxylation sites is 1. The largest absolute Gasteiger partial charge is 0.334 e. The minimum Gasteiger partial charge on any atom is -0.334 e. The number of nitrogens with zero attached hydrogens (tertiary/aromatic N) is 1. The van der Waals surface area contributed by atoms with Crippen LogP contribution in [0.5, 0.6) is 0 Å². The summed E-state index contributed by atoms with van der Waals surface area (Å²) in [7, 11) is 0. The van der Waals surface area contributed by atoms with E-state index in [9.17, 15) is 18.4 Å². The number of nitrogens with one attached hydrogen (secondary N) is 1. The molecule has 0 bridgehead atoms. The molecule has 104 valence electrons. The Labute approximate surface area is 110 Å². The normalized spacial score (nSPS) is 10.1. The van der Waals surface area contributed by atoms with E-state index in [1.165, 1.54) is 17.9 Å². The average molecular weight is 270 g/mol. The number of hydrogen-bond donors (Lipinski definition) is 1. The summed E-state index contributed by atoms with van der Waals surface area (Å²) < 4.78 is 26.6. The second kappa shape index (κ2) is 6.82. The van der Waals surface area contributed by atoms with Gasteiger partial charge in [0, 0.05) is 13.5 Å².